The van der Waals surface area contributed by atoms with Gasteiger partial charge < -0.3 is 4.74 Å². The molecule has 0 unspecified atom stereocenters. The summed E-state index contributed by atoms with van der Waals surface area (Å²) in [6, 6.07) is 5.02. The van der Waals surface area contributed by atoms with Crippen molar-refractivity contribution in [3.63, 3.8) is 0 Å². The highest BCUT2D eigenvalue weighted by Crippen LogP contribution is 2.28. The minimum atomic E-state index is -0.954. The number of benzene rings is 1. The molecule has 3 heteroatoms. The summed E-state index contributed by atoms with van der Waals surface area (Å²) in [4.78, 5) is 11.5. The second kappa shape index (κ2) is 4.01. The molecule has 0 saturated carbocycles. The van der Waals surface area contributed by atoms with Crippen molar-refractivity contribution in [2.45, 2.75) is 26.2 Å². The number of carbonyl (C=O) groups excluding carboxylic acids is 1. The molecule has 2 nitrogen and oxygen atoms in total. The molecule has 0 fully saturated rings. The SMILES string of the molecule is COC(=O)C(C)(C)c1cccc(C)c1F. The van der Waals surface area contributed by atoms with Crippen molar-refractivity contribution in [1.82, 2.24) is 0 Å². The quantitative estimate of drug-likeness (QED) is 0.701. The molecule has 0 aliphatic heterocycles. The minimum absolute atomic E-state index is 0.340. The Hall–Kier alpha value is -1.38. The number of carbonyl (C=O) groups is 1. The average Bonchev–Trinajstić information content (AvgIpc) is 2.20. The Balaban J connectivity index is 3.27. The lowest BCUT2D eigenvalue weighted by Crippen LogP contribution is -2.31. The fraction of sp³-hybridized carbons (Fsp3) is 0.417. The van der Waals surface area contributed by atoms with Gasteiger partial charge in [-0.25, -0.2) is 4.39 Å². The van der Waals surface area contributed by atoms with E-state index in [4.69, 9.17) is 0 Å². The first-order valence-corrected chi connectivity index (χ1v) is 4.75. The molecule has 0 bridgehead atoms. The van der Waals surface area contributed by atoms with Crippen LogP contribution in [0.15, 0.2) is 18.2 Å². The molecular weight excluding hydrogens is 195 g/mol. The summed E-state index contributed by atoms with van der Waals surface area (Å²) < 4.78 is 18.4. The molecule has 0 N–H and O–H groups in total. The van der Waals surface area contributed by atoms with Gasteiger partial charge in [-0.05, 0) is 26.3 Å². The number of halogens is 1. The van der Waals surface area contributed by atoms with Crippen molar-refractivity contribution >= 4 is 5.97 Å². The maximum absolute atomic E-state index is 13.8. The highest BCUT2D eigenvalue weighted by Gasteiger charge is 2.33. The molecule has 82 valence electrons. The summed E-state index contributed by atoms with van der Waals surface area (Å²) in [5.41, 5.74) is -0.0518. The third kappa shape index (κ3) is 2.01. The van der Waals surface area contributed by atoms with E-state index in [1.165, 1.54) is 7.11 Å². The molecule has 1 rings (SSSR count). The normalized spacial score (nSPS) is 11.3. The summed E-state index contributed by atoms with van der Waals surface area (Å²) in [6.07, 6.45) is 0. The van der Waals surface area contributed by atoms with Gasteiger partial charge in [-0.15, -0.1) is 0 Å². The van der Waals surface area contributed by atoms with Gasteiger partial charge >= 0.3 is 5.97 Å². The maximum atomic E-state index is 13.8. The van der Waals surface area contributed by atoms with Crippen LogP contribution in [0.3, 0.4) is 0 Å². The van der Waals surface area contributed by atoms with Crippen molar-refractivity contribution in [1.29, 1.82) is 0 Å². The molecule has 0 radical (unpaired) electrons. The van der Waals surface area contributed by atoms with Crippen LogP contribution in [0.1, 0.15) is 25.0 Å². The highest BCUT2D eigenvalue weighted by atomic mass is 19.1. The third-order valence-corrected chi connectivity index (χ3v) is 2.56. The van der Waals surface area contributed by atoms with Crippen molar-refractivity contribution in [3.8, 4) is 0 Å². The number of esters is 1. The Morgan fingerprint density at radius 3 is 2.53 bits per heavy atom. The van der Waals surface area contributed by atoms with Crippen molar-refractivity contribution in [2.24, 2.45) is 0 Å². The molecular formula is C12H15FO2. The molecule has 0 aliphatic rings. The molecule has 0 spiro atoms. The molecule has 1 aromatic rings. The van der Waals surface area contributed by atoms with E-state index in [0.717, 1.165) is 0 Å². The van der Waals surface area contributed by atoms with Crippen LogP contribution in [-0.2, 0) is 14.9 Å². The Bertz CT molecular complexity index is 383. The van der Waals surface area contributed by atoms with E-state index in [-0.39, 0.29) is 5.82 Å². The molecule has 15 heavy (non-hydrogen) atoms. The van der Waals surface area contributed by atoms with Crippen LogP contribution in [0.2, 0.25) is 0 Å². The predicted molar refractivity (Wildman–Crippen MR) is 56.2 cm³/mol. The summed E-state index contributed by atoms with van der Waals surface area (Å²) in [5, 5.41) is 0. The van der Waals surface area contributed by atoms with Crippen LogP contribution >= 0.6 is 0 Å². The van der Waals surface area contributed by atoms with Crippen LogP contribution in [0, 0.1) is 12.7 Å². The summed E-state index contributed by atoms with van der Waals surface area (Å²) >= 11 is 0. The lowest BCUT2D eigenvalue weighted by atomic mass is 9.83. The fourth-order valence-corrected chi connectivity index (χ4v) is 1.50. The zero-order valence-electron chi connectivity index (χ0n) is 9.43. The van der Waals surface area contributed by atoms with E-state index < -0.39 is 11.4 Å². The first-order valence-electron chi connectivity index (χ1n) is 4.75. The van der Waals surface area contributed by atoms with Crippen molar-refractivity contribution in [3.05, 3.63) is 35.1 Å². The third-order valence-electron chi connectivity index (χ3n) is 2.56. The van der Waals surface area contributed by atoms with Crippen LogP contribution in [0.5, 0.6) is 0 Å². The summed E-state index contributed by atoms with van der Waals surface area (Å²) in [7, 11) is 1.30. The smallest absolute Gasteiger partial charge is 0.315 e. The lowest BCUT2D eigenvalue weighted by molar-refractivity contribution is -0.146. The molecule has 0 atom stereocenters. The maximum Gasteiger partial charge on any atom is 0.315 e. The first kappa shape index (κ1) is 11.7. The van der Waals surface area contributed by atoms with Crippen LogP contribution in [-0.4, -0.2) is 13.1 Å². The van der Waals surface area contributed by atoms with Crippen molar-refractivity contribution in [2.75, 3.05) is 7.11 Å². The van der Waals surface area contributed by atoms with Crippen LogP contribution in [0.25, 0.3) is 0 Å². The topological polar surface area (TPSA) is 26.3 Å². The highest BCUT2D eigenvalue weighted by molar-refractivity contribution is 5.82. The molecule has 1 aromatic carbocycles. The Morgan fingerprint density at radius 2 is 2.00 bits per heavy atom. The zero-order valence-corrected chi connectivity index (χ0v) is 9.43. The first-order chi connectivity index (χ1) is 6.91. The average molecular weight is 210 g/mol. The number of hydrogen-bond acceptors (Lipinski definition) is 2. The number of rotatable bonds is 2. The van der Waals surface area contributed by atoms with Crippen LogP contribution < -0.4 is 0 Å². The van der Waals surface area contributed by atoms with Crippen LogP contribution in [0.4, 0.5) is 4.39 Å². The van der Waals surface area contributed by atoms with Gasteiger partial charge in [0.15, 0.2) is 0 Å². The van der Waals surface area contributed by atoms with Gasteiger partial charge in [-0.3, -0.25) is 4.79 Å². The summed E-state index contributed by atoms with van der Waals surface area (Å²) in [5.74, 6) is -0.778. The Morgan fingerprint density at radius 1 is 1.40 bits per heavy atom. The molecule has 0 aromatic heterocycles. The molecule has 0 heterocycles. The molecule has 0 amide bonds. The van der Waals surface area contributed by atoms with Gasteiger partial charge in [0.25, 0.3) is 0 Å². The Kier molecular flexibility index (Phi) is 3.12. The fourth-order valence-electron chi connectivity index (χ4n) is 1.50. The predicted octanol–water partition coefficient (Wildman–Crippen LogP) is 2.58. The second-order valence-electron chi connectivity index (χ2n) is 4.05. The number of aryl methyl sites for hydroxylation is 1. The molecule has 0 saturated heterocycles. The van der Waals surface area contributed by atoms with Gasteiger partial charge in [-0.2, -0.15) is 0 Å². The van der Waals surface area contributed by atoms with E-state index in [2.05, 4.69) is 4.74 Å². The standard InChI is InChI=1S/C12H15FO2/c1-8-6-5-7-9(10(8)13)12(2,3)11(14)15-4/h5-7H,1-4H3. The van der Waals surface area contributed by atoms with Gasteiger partial charge in [0.2, 0.25) is 0 Å². The number of hydrogen-bond donors (Lipinski definition) is 0. The minimum Gasteiger partial charge on any atom is -0.468 e. The zero-order chi connectivity index (χ0) is 11.6. The van der Waals surface area contributed by atoms with E-state index in [9.17, 15) is 9.18 Å². The van der Waals surface area contributed by atoms with E-state index in [0.29, 0.717) is 11.1 Å². The van der Waals surface area contributed by atoms with Gasteiger partial charge in [-0.1, -0.05) is 18.2 Å². The Labute approximate surface area is 89.1 Å². The largest absolute Gasteiger partial charge is 0.468 e. The van der Waals surface area contributed by atoms with Crippen molar-refractivity contribution < 1.29 is 13.9 Å². The van der Waals surface area contributed by atoms with Gasteiger partial charge in [0, 0.05) is 5.56 Å². The molecule has 0 aliphatic carbocycles. The van der Waals surface area contributed by atoms with Gasteiger partial charge in [0.1, 0.15) is 5.82 Å². The van der Waals surface area contributed by atoms with E-state index in [1.807, 2.05) is 0 Å². The summed E-state index contributed by atoms with van der Waals surface area (Å²) in [6.45, 7) is 4.97. The van der Waals surface area contributed by atoms with E-state index >= 15 is 0 Å². The number of methoxy groups -OCH3 is 1. The lowest BCUT2D eigenvalue weighted by Gasteiger charge is -2.23. The van der Waals surface area contributed by atoms with Gasteiger partial charge in [0.05, 0.1) is 12.5 Å². The van der Waals surface area contributed by atoms with E-state index in [1.54, 1.807) is 39.0 Å². The monoisotopic (exact) mass is 210 g/mol. The number of ether oxygens (including phenoxy) is 1. The second-order valence-corrected chi connectivity index (χ2v) is 4.05.